The van der Waals surface area contributed by atoms with Crippen molar-refractivity contribution in [3.05, 3.63) is 59.2 Å². The van der Waals surface area contributed by atoms with Gasteiger partial charge >= 0.3 is 0 Å². The first-order chi connectivity index (χ1) is 13.9. The van der Waals surface area contributed by atoms with Gasteiger partial charge in [0.1, 0.15) is 5.71 Å². The lowest BCUT2D eigenvalue weighted by atomic mass is 10.1. The predicted octanol–water partition coefficient (Wildman–Crippen LogP) is 3.17. The van der Waals surface area contributed by atoms with Crippen molar-refractivity contribution < 1.29 is 14.4 Å². The predicted molar refractivity (Wildman–Crippen MR) is 113 cm³/mol. The van der Waals surface area contributed by atoms with E-state index in [-0.39, 0.29) is 30.6 Å². The molecule has 7 heteroatoms. The van der Waals surface area contributed by atoms with Gasteiger partial charge in [-0.25, -0.2) is 5.01 Å². The highest BCUT2D eigenvalue weighted by atomic mass is 16.2. The Balaban J connectivity index is 1.77. The minimum atomic E-state index is -0.362. The van der Waals surface area contributed by atoms with Gasteiger partial charge in [-0.3, -0.25) is 14.4 Å². The van der Waals surface area contributed by atoms with Crippen LogP contribution in [0.4, 0.5) is 11.4 Å². The summed E-state index contributed by atoms with van der Waals surface area (Å²) in [6, 6.07) is 12.4. The monoisotopic (exact) mass is 392 g/mol. The molecule has 3 amide bonds. The highest BCUT2D eigenvalue weighted by Crippen LogP contribution is 2.25. The fourth-order valence-corrected chi connectivity index (χ4v) is 3.02. The molecule has 150 valence electrons. The Bertz CT molecular complexity index is 980. The summed E-state index contributed by atoms with van der Waals surface area (Å²) < 4.78 is 0. The van der Waals surface area contributed by atoms with E-state index in [1.807, 2.05) is 39.0 Å². The summed E-state index contributed by atoms with van der Waals surface area (Å²) >= 11 is 0. The zero-order valence-electron chi connectivity index (χ0n) is 16.8. The van der Waals surface area contributed by atoms with Gasteiger partial charge in [0, 0.05) is 30.6 Å². The van der Waals surface area contributed by atoms with E-state index in [9.17, 15) is 14.4 Å². The van der Waals surface area contributed by atoms with Gasteiger partial charge in [-0.05, 0) is 62.2 Å². The Morgan fingerprint density at radius 3 is 2.45 bits per heavy atom. The van der Waals surface area contributed by atoms with Crippen LogP contribution in [0.5, 0.6) is 0 Å². The van der Waals surface area contributed by atoms with E-state index >= 15 is 0 Å². The van der Waals surface area contributed by atoms with Crippen LogP contribution in [-0.4, -0.2) is 30.0 Å². The molecule has 0 saturated heterocycles. The number of hydrazone groups is 1. The molecule has 0 radical (unpaired) electrons. The van der Waals surface area contributed by atoms with E-state index in [0.29, 0.717) is 29.2 Å². The van der Waals surface area contributed by atoms with Crippen molar-refractivity contribution >= 4 is 34.8 Å². The molecule has 0 spiro atoms. The smallest absolute Gasteiger partial charge is 0.271 e. The number of hydrogen-bond acceptors (Lipinski definition) is 4. The van der Waals surface area contributed by atoms with Gasteiger partial charge in [-0.2, -0.15) is 5.10 Å². The number of carbonyl (C=O) groups excluding carboxylic acids is 3. The molecule has 3 rings (SSSR count). The number of hydrogen-bond donors (Lipinski definition) is 2. The molecule has 2 N–H and O–H groups in total. The SMILES string of the molecule is CCNC(=O)c1ccc(NC(=O)C2=NN(c3cc(C)ccc3C)C(=O)CC2)cc1. The first-order valence-corrected chi connectivity index (χ1v) is 9.56. The van der Waals surface area contributed by atoms with E-state index in [1.165, 1.54) is 5.01 Å². The average molecular weight is 392 g/mol. The number of aryl methyl sites for hydroxylation is 2. The minimum Gasteiger partial charge on any atom is -0.352 e. The Morgan fingerprint density at radius 2 is 1.76 bits per heavy atom. The zero-order valence-corrected chi connectivity index (χ0v) is 16.8. The van der Waals surface area contributed by atoms with Crippen LogP contribution < -0.4 is 15.6 Å². The number of rotatable bonds is 5. The molecule has 1 heterocycles. The molecule has 1 aliphatic heterocycles. The molecule has 2 aromatic carbocycles. The molecule has 7 nitrogen and oxygen atoms in total. The first kappa shape index (κ1) is 20.3. The summed E-state index contributed by atoms with van der Waals surface area (Å²) in [4.78, 5) is 36.9. The van der Waals surface area contributed by atoms with Gasteiger partial charge in [0.25, 0.3) is 11.8 Å². The number of benzene rings is 2. The van der Waals surface area contributed by atoms with Crippen LogP contribution in [0.1, 0.15) is 41.3 Å². The van der Waals surface area contributed by atoms with E-state index in [1.54, 1.807) is 24.3 Å². The molecule has 1 aliphatic rings. The topological polar surface area (TPSA) is 90.9 Å². The van der Waals surface area contributed by atoms with Crippen molar-refractivity contribution in [2.75, 3.05) is 16.9 Å². The molecule has 0 saturated carbocycles. The summed E-state index contributed by atoms with van der Waals surface area (Å²) in [5, 5.41) is 11.2. The maximum Gasteiger partial charge on any atom is 0.271 e. The number of amides is 3. The molecule has 0 aliphatic carbocycles. The summed E-state index contributed by atoms with van der Waals surface area (Å²) in [6.07, 6.45) is 0.499. The largest absolute Gasteiger partial charge is 0.352 e. The summed E-state index contributed by atoms with van der Waals surface area (Å²) in [5.74, 6) is -0.662. The molecule has 0 aromatic heterocycles. The molecule has 0 fully saturated rings. The molecule has 2 aromatic rings. The number of anilines is 2. The molecular weight excluding hydrogens is 368 g/mol. The quantitative estimate of drug-likeness (QED) is 0.819. The van der Waals surface area contributed by atoms with Gasteiger partial charge in [-0.15, -0.1) is 0 Å². The average Bonchev–Trinajstić information content (AvgIpc) is 2.71. The Kier molecular flexibility index (Phi) is 6.07. The van der Waals surface area contributed by atoms with Crippen molar-refractivity contribution in [2.45, 2.75) is 33.6 Å². The Hall–Kier alpha value is -3.48. The summed E-state index contributed by atoms with van der Waals surface area (Å²) in [6.45, 7) is 6.25. The van der Waals surface area contributed by atoms with Gasteiger partial charge in [0.15, 0.2) is 0 Å². The van der Waals surface area contributed by atoms with Crippen LogP contribution in [0.25, 0.3) is 0 Å². The molecular formula is C22H24N4O3. The lowest BCUT2D eigenvalue weighted by Crippen LogP contribution is -2.36. The van der Waals surface area contributed by atoms with Crippen LogP contribution in [0.2, 0.25) is 0 Å². The van der Waals surface area contributed by atoms with E-state index in [4.69, 9.17) is 0 Å². The van der Waals surface area contributed by atoms with Crippen molar-refractivity contribution in [3.63, 3.8) is 0 Å². The van der Waals surface area contributed by atoms with Gasteiger partial charge < -0.3 is 10.6 Å². The third kappa shape index (κ3) is 4.68. The van der Waals surface area contributed by atoms with Gasteiger partial charge in [0.2, 0.25) is 5.91 Å². The van der Waals surface area contributed by atoms with Crippen molar-refractivity contribution in [1.82, 2.24) is 5.32 Å². The second-order valence-corrected chi connectivity index (χ2v) is 6.93. The van der Waals surface area contributed by atoms with E-state index in [2.05, 4.69) is 15.7 Å². The van der Waals surface area contributed by atoms with Gasteiger partial charge in [0.05, 0.1) is 5.69 Å². The van der Waals surface area contributed by atoms with Crippen LogP contribution in [0, 0.1) is 13.8 Å². The Morgan fingerprint density at radius 1 is 1.03 bits per heavy atom. The fourth-order valence-electron chi connectivity index (χ4n) is 3.02. The Labute approximate surface area is 169 Å². The van der Waals surface area contributed by atoms with Crippen LogP contribution in [-0.2, 0) is 9.59 Å². The maximum absolute atomic E-state index is 12.7. The van der Waals surface area contributed by atoms with Crippen LogP contribution >= 0.6 is 0 Å². The highest BCUT2D eigenvalue weighted by Gasteiger charge is 2.26. The third-order valence-electron chi connectivity index (χ3n) is 4.63. The number of nitrogens with zero attached hydrogens (tertiary/aromatic N) is 2. The van der Waals surface area contributed by atoms with E-state index < -0.39 is 0 Å². The van der Waals surface area contributed by atoms with E-state index in [0.717, 1.165) is 11.1 Å². The molecule has 0 unspecified atom stereocenters. The third-order valence-corrected chi connectivity index (χ3v) is 4.63. The molecule has 29 heavy (non-hydrogen) atoms. The van der Waals surface area contributed by atoms with Crippen molar-refractivity contribution in [3.8, 4) is 0 Å². The minimum absolute atomic E-state index is 0.137. The number of nitrogens with one attached hydrogen (secondary N) is 2. The second-order valence-electron chi connectivity index (χ2n) is 6.93. The summed E-state index contributed by atoms with van der Waals surface area (Å²) in [5.41, 5.74) is 3.98. The van der Waals surface area contributed by atoms with Crippen LogP contribution in [0.3, 0.4) is 0 Å². The second kappa shape index (κ2) is 8.68. The number of carbonyl (C=O) groups is 3. The fraction of sp³-hybridized carbons (Fsp3) is 0.273. The van der Waals surface area contributed by atoms with Gasteiger partial charge in [-0.1, -0.05) is 12.1 Å². The highest BCUT2D eigenvalue weighted by molar-refractivity contribution is 6.44. The molecule has 0 atom stereocenters. The van der Waals surface area contributed by atoms with Crippen molar-refractivity contribution in [1.29, 1.82) is 0 Å². The zero-order chi connectivity index (χ0) is 21.0. The van der Waals surface area contributed by atoms with Crippen molar-refractivity contribution in [2.24, 2.45) is 5.10 Å². The molecule has 0 bridgehead atoms. The maximum atomic E-state index is 12.7. The lowest BCUT2D eigenvalue weighted by Gasteiger charge is -2.24. The normalized spacial score (nSPS) is 13.7. The lowest BCUT2D eigenvalue weighted by molar-refractivity contribution is -0.118. The summed E-state index contributed by atoms with van der Waals surface area (Å²) in [7, 11) is 0. The standard InChI is InChI=1S/C22H24N4O3/c1-4-23-21(28)16-7-9-17(10-8-16)24-22(29)18-11-12-20(27)26(25-18)19-13-14(2)5-6-15(19)3/h5-10,13H,4,11-12H2,1-3H3,(H,23,28)(H,24,29). The van der Waals surface area contributed by atoms with Crippen LogP contribution in [0.15, 0.2) is 47.6 Å². The first-order valence-electron chi connectivity index (χ1n) is 9.56.